The standard InChI is InChI=1S/C18H21NO3/c1-12(2)10-16(18(21)22-3)19-17(20)15-9-8-13-6-4-5-7-14(13)11-15/h4-9,11-12,16H,10H2,1-3H3,(H,19,20). The molecule has 0 spiro atoms. The molecule has 0 saturated heterocycles. The maximum absolute atomic E-state index is 12.4. The van der Waals surface area contributed by atoms with Crippen molar-refractivity contribution in [3.8, 4) is 0 Å². The second kappa shape index (κ2) is 7.07. The van der Waals surface area contributed by atoms with Crippen LogP contribution in [0.25, 0.3) is 10.8 Å². The van der Waals surface area contributed by atoms with Gasteiger partial charge in [-0.15, -0.1) is 0 Å². The molecule has 0 saturated carbocycles. The van der Waals surface area contributed by atoms with E-state index in [0.717, 1.165) is 10.8 Å². The highest BCUT2D eigenvalue weighted by molar-refractivity contribution is 6.00. The Morgan fingerprint density at radius 1 is 1.09 bits per heavy atom. The Bertz CT molecular complexity index is 679. The van der Waals surface area contributed by atoms with Crippen LogP contribution in [0.4, 0.5) is 0 Å². The molecule has 4 heteroatoms. The topological polar surface area (TPSA) is 55.4 Å². The third-order valence-electron chi connectivity index (χ3n) is 3.51. The fourth-order valence-electron chi connectivity index (χ4n) is 2.40. The third-order valence-corrected chi connectivity index (χ3v) is 3.51. The van der Waals surface area contributed by atoms with E-state index in [1.165, 1.54) is 7.11 Å². The molecule has 0 bridgehead atoms. The van der Waals surface area contributed by atoms with Crippen LogP contribution in [-0.4, -0.2) is 25.0 Å². The minimum Gasteiger partial charge on any atom is -0.467 e. The molecule has 22 heavy (non-hydrogen) atoms. The Labute approximate surface area is 130 Å². The zero-order chi connectivity index (χ0) is 16.1. The van der Waals surface area contributed by atoms with E-state index >= 15 is 0 Å². The summed E-state index contributed by atoms with van der Waals surface area (Å²) in [6.07, 6.45) is 0.548. The van der Waals surface area contributed by atoms with Gasteiger partial charge < -0.3 is 10.1 Å². The van der Waals surface area contributed by atoms with E-state index in [1.807, 2.05) is 50.2 Å². The molecular weight excluding hydrogens is 278 g/mol. The van der Waals surface area contributed by atoms with Gasteiger partial charge in [-0.05, 0) is 35.2 Å². The molecule has 1 atom stereocenters. The molecule has 0 aliphatic heterocycles. The number of methoxy groups -OCH3 is 1. The fraction of sp³-hybridized carbons (Fsp3) is 0.333. The summed E-state index contributed by atoms with van der Waals surface area (Å²) >= 11 is 0. The van der Waals surface area contributed by atoms with Gasteiger partial charge in [-0.25, -0.2) is 4.79 Å². The molecule has 2 aromatic carbocycles. The second-order valence-electron chi connectivity index (χ2n) is 5.74. The summed E-state index contributed by atoms with van der Waals surface area (Å²) in [6, 6.07) is 12.7. The van der Waals surface area contributed by atoms with Gasteiger partial charge in [0, 0.05) is 5.56 Å². The Hall–Kier alpha value is -2.36. The highest BCUT2D eigenvalue weighted by atomic mass is 16.5. The molecule has 0 fully saturated rings. The van der Waals surface area contributed by atoms with E-state index in [2.05, 4.69) is 5.32 Å². The highest BCUT2D eigenvalue weighted by Crippen LogP contribution is 2.16. The van der Waals surface area contributed by atoms with Crippen molar-refractivity contribution in [2.75, 3.05) is 7.11 Å². The summed E-state index contributed by atoms with van der Waals surface area (Å²) in [7, 11) is 1.33. The lowest BCUT2D eigenvalue weighted by atomic mass is 10.0. The van der Waals surface area contributed by atoms with Crippen molar-refractivity contribution in [2.24, 2.45) is 5.92 Å². The maximum atomic E-state index is 12.4. The normalized spacial score (nSPS) is 12.2. The molecule has 1 amide bonds. The van der Waals surface area contributed by atoms with Crippen molar-refractivity contribution in [3.05, 3.63) is 48.0 Å². The number of carbonyl (C=O) groups is 2. The van der Waals surface area contributed by atoms with Gasteiger partial charge in [0.2, 0.25) is 0 Å². The highest BCUT2D eigenvalue weighted by Gasteiger charge is 2.23. The number of esters is 1. The van der Waals surface area contributed by atoms with Crippen molar-refractivity contribution in [2.45, 2.75) is 26.3 Å². The summed E-state index contributed by atoms with van der Waals surface area (Å²) in [5.74, 6) is -0.398. The number of rotatable bonds is 5. The van der Waals surface area contributed by atoms with E-state index in [0.29, 0.717) is 12.0 Å². The van der Waals surface area contributed by atoms with Gasteiger partial charge >= 0.3 is 5.97 Å². The molecule has 2 rings (SSSR count). The molecule has 0 heterocycles. The minimum absolute atomic E-state index is 0.262. The summed E-state index contributed by atoms with van der Waals surface area (Å²) in [4.78, 5) is 24.2. The van der Waals surface area contributed by atoms with Crippen LogP contribution in [-0.2, 0) is 9.53 Å². The molecule has 0 aliphatic carbocycles. The zero-order valence-corrected chi connectivity index (χ0v) is 13.1. The van der Waals surface area contributed by atoms with Crippen LogP contribution in [0, 0.1) is 5.92 Å². The predicted molar refractivity (Wildman–Crippen MR) is 86.7 cm³/mol. The summed E-state index contributed by atoms with van der Waals surface area (Å²) in [5, 5.41) is 4.84. The predicted octanol–water partition coefficient (Wildman–Crippen LogP) is 3.16. The number of benzene rings is 2. The first kappa shape index (κ1) is 16.0. The SMILES string of the molecule is COC(=O)C(CC(C)C)NC(=O)c1ccc2ccccc2c1. The lowest BCUT2D eigenvalue weighted by Gasteiger charge is -2.18. The van der Waals surface area contributed by atoms with Crippen molar-refractivity contribution in [1.82, 2.24) is 5.32 Å². The zero-order valence-electron chi connectivity index (χ0n) is 13.1. The Morgan fingerprint density at radius 2 is 1.77 bits per heavy atom. The maximum Gasteiger partial charge on any atom is 0.328 e. The number of ether oxygens (including phenoxy) is 1. The largest absolute Gasteiger partial charge is 0.467 e. The quantitative estimate of drug-likeness (QED) is 0.863. The molecule has 2 aromatic rings. The monoisotopic (exact) mass is 299 g/mol. The van der Waals surface area contributed by atoms with E-state index in [9.17, 15) is 9.59 Å². The fourth-order valence-corrected chi connectivity index (χ4v) is 2.40. The number of carbonyl (C=O) groups excluding carboxylic acids is 2. The van der Waals surface area contributed by atoms with Crippen molar-refractivity contribution < 1.29 is 14.3 Å². The number of hydrogen-bond acceptors (Lipinski definition) is 3. The van der Waals surface area contributed by atoms with Gasteiger partial charge in [0.15, 0.2) is 0 Å². The van der Waals surface area contributed by atoms with Crippen LogP contribution in [0.15, 0.2) is 42.5 Å². The average molecular weight is 299 g/mol. The summed E-state index contributed by atoms with van der Waals surface area (Å²) in [5.41, 5.74) is 0.538. The van der Waals surface area contributed by atoms with Gasteiger partial charge in [-0.3, -0.25) is 4.79 Å². The number of fused-ring (bicyclic) bond motifs is 1. The van der Waals surface area contributed by atoms with E-state index in [-0.39, 0.29) is 11.8 Å². The van der Waals surface area contributed by atoms with E-state index in [1.54, 1.807) is 6.07 Å². The molecule has 1 unspecified atom stereocenters. The van der Waals surface area contributed by atoms with Crippen LogP contribution in [0.2, 0.25) is 0 Å². The molecular formula is C18H21NO3. The molecule has 0 radical (unpaired) electrons. The summed E-state index contributed by atoms with van der Waals surface area (Å²) in [6.45, 7) is 4.00. The van der Waals surface area contributed by atoms with Crippen molar-refractivity contribution in [1.29, 1.82) is 0 Å². The van der Waals surface area contributed by atoms with Crippen LogP contribution in [0.5, 0.6) is 0 Å². The molecule has 0 aromatic heterocycles. The number of amides is 1. The van der Waals surface area contributed by atoms with Crippen LogP contribution < -0.4 is 5.32 Å². The minimum atomic E-state index is -0.621. The first-order valence-corrected chi connectivity index (χ1v) is 7.38. The van der Waals surface area contributed by atoms with Gasteiger partial charge in [0.1, 0.15) is 6.04 Å². The lowest BCUT2D eigenvalue weighted by molar-refractivity contribution is -0.143. The van der Waals surface area contributed by atoms with Crippen molar-refractivity contribution in [3.63, 3.8) is 0 Å². The van der Waals surface area contributed by atoms with E-state index < -0.39 is 12.0 Å². The summed E-state index contributed by atoms with van der Waals surface area (Å²) < 4.78 is 4.77. The lowest BCUT2D eigenvalue weighted by Crippen LogP contribution is -2.42. The number of hydrogen-bond donors (Lipinski definition) is 1. The third kappa shape index (κ3) is 3.85. The molecule has 0 aliphatic rings. The molecule has 1 N–H and O–H groups in total. The first-order chi connectivity index (χ1) is 10.5. The molecule has 4 nitrogen and oxygen atoms in total. The Morgan fingerprint density at radius 3 is 2.41 bits per heavy atom. The second-order valence-corrected chi connectivity index (χ2v) is 5.74. The van der Waals surface area contributed by atoms with Gasteiger partial charge in [-0.1, -0.05) is 44.2 Å². The van der Waals surface area contributed by atoms with Crippen molar-refractivity contribution >= 4 is 22.6 Å². The number of nitrogens with one attached hydrogen (secondary N) is 1. The smallest absolute Gasteiger partial charge is 0.328 e. The van der Waals surface area contributed by atoms with Crippen LogP contribution >= 0.6 is 0 Å². The van der Waals surface area contributed by atoms with E-state index in [4.69, 9.17) is 4.74 Å². The van der Waals surface area contributed by atoms with Crippen LogP contribution in [0.1, 0.15) is 30.6 Å². The average Bonchev–Trinajstić information content (AvgIpc) is 2.52. The first-order valence-electron chi connectivity index (χ1n) is 7.38. The van der Waals surface area contributed by atoms with Gasteiger partial charge in [0.05, 0.1) is 7.11 Å². The Kier molecular flexibility index (Phi) is 5.15. The van der Waals surface area contributed by atoms with Gasteiger partial charge in [0.25, 0.3) is 5.91 Å². The Balaban J connectivity index is 2.19. The molecule has 116 valence electrons. The van der Waals surface area contributed by atoms with Crippen LogP contribution in [0.3, 0.4) is 0 Å². The van der Waals surface area contributed by atoms with Gasteiger partial charge in [-0.2, -0.15) is 0 Å².